The number of benzene rings is 2. The lowest BCUT2D eigenvalue weighted by atomic mass is 9.77. The van der Waals surface area contributed by atoms with Crippen LogP contribution in [-0.4, -0.2) is 39.8 Å². The molecule has 5 rings (SSSR count). The molecule has 1 atom stereocenters. The van der Waals surface area contributed by atoms with Crippen molar-refractivity contribution < 1.29 is 9.53 Å². The Morgan fingerprint density at radius 1 is 1.09 bits per heavy atom. The van der Waals surface area contributed by atoms with Crippen LogP contribution in [0, 0.1) is 0 Å². The molecule has 6 heteroatoms. The summed E-state index contributed by atoms with van der Waals surface area (Å²) in [5, 5.41) is 7.19. The van der Waals surface area contributed by atoms with Crippen molar-refractivity contribution in [2.45, 2.75) is 50.5 Å². The average Bonchev–Trinajstić information content (AvgIpc) is 3.25. The number of nitrogens with zero attached hydrogens (tertiary/aromatic N) is 3. The van der Waals surface area contributed by atoms with Crippen LogP contribution in [0.2, 0.25) is 0 Å². The van der Waals surface area contributed by atoms with Gasteiger partial charge in [0.2, 0.25) is 5.91 Å². The Morgan fingerprint density at radius 3 is 2.61 bits per heavy atom. The third-order valence-electron chi connectivity index (χ3n) is 6.92. The molecule has 2 aliphatic rings. The molecule has 6 nitrogen and oxygen atoms in total. The lowest BCUT2D eigenvalue weighted by Gasteiger charge is -2.47. The maximum Gasteiger partial charge on any atom is 0.222 e. The first-order chi connectivity index (χ1) is 16.1. The van der Waals surface area contributed by atoms with E-state index in [0.717, 1.165) is 44.5 Å². The van der Waals surface area contributed by atoms with Gasteiger partial charge >= 0.3 is 0 Å². The Bertz CT molecular complexity index is 1090. The van der Waals surface area contributed by atoms with Gasteiger partial charge < -0.3 is 10.1 Å². The van der Waals surface area contributed by atoms with Crippen molar-refractivity contribution in [1.82, 2.24) is 20.0 Å². The highest BCUT2D eigenvalue weighted by molar-refractivity contribution is 5.76. The average molecular weight is 445 g/mol. The van der Waals surface area contributed by atoms with E-state index >= 15 is 0 Å². The summed E-state index contributed by atoms with van der Waals surface area (Å²) in [7, 11) is 1.88. The number of aromatic nitrogens is 2. The molecule has 0 bridgehead atoms. The molecule has 1 N–H and O–H groups in total. The van der Waals surface area contributed by atoms with Gasteiger partial charge in [0.25, 0.3) is 0 Å². The molecule has 3 heterocycles. The van der Waals surface area contributed by atoms with E-state index in [-0.39, 0.29) is 17.6 Å². The van der Waals surface area contributed by atoms with Gasteiger partial charge in [0.05, 0.1) is 24.3 Å². The number of likely N-dealkylation sites (tertiary alicyclic amines) is 1. The number of aryl methyl sites for hydroxylation is 1. The van der Waals surface area contributed by atoms with Crippen molar-refractivity contribution in [2.75, 3.05) is 13.1 Å². The number of rotatable bonds is 6. The minimum absolute atomic E-state index is 0.0277. The summed E-state index contributed by atoms with van der Waals surface area (Å²) in [5.74, 6) is 0.0277. The van der Waals surface area contributed by atoms with Crippen LogP contribution in [0.5, 0.6) is 0 Å². The predicted molar refractivity (Wildman–Crippen MR) is 127 cm³/mol. The van der Waals surface area contributed by atoms with E-state index in [4.69, 9.17) is 4.74 Å². The molecule has 1 aromatic heterocycles. The van der Waals surface area contributed by atoms with E-state index in [0.29, 0.717) is 13.0 Å². The van der Waals surface area contributed by atoms with Crippen molar-refractivity contribution in [3.05, 3.63) is 89.2 Å². The maximum absolute atomic E-state index is 12.7. The van der Waals surface area contributed by atoms with E-state index in [1.807, 2.05) is 13.2 Å². The van der Waals surface area contributed by atoms with Gasteiger partial charge in [-0.05, 0) is 36.0 Å². The van der Waals surface area contributed by atoms with E-state index in [9.17, 15) is 4.79 Å². The maximum atomic E-state index is 12.7. The standard InChI is InChI=1S/C27H32N4O2/c1-30-19-22(18-29-30)17-28-26(32)16-24-15-23-9-5-6-10-25(23)27(33-24)11-13-31(14-12-27)20-21-7-3-2-4-8-21/h2-10,18-19,24H,11-17,20H2,1H3,(H,28,32). The first-order valence-corrected chi connectivity index (χ1v) is 11.9. The molecule has 33 heavy (non-hydrogen) atoms. The molecular formula is C27H32N4O2. The molecule has 3 aromatic rings. The number of amides is 1. The van der Waals surface area contributed by atoms with Gasteiger partial charge in [-0.2, -0.15) is 5.10 Å². The molecule has 2 aromatic carbocycles. The summed E-state index contributed by atoms with van der Waals surface area (Å²) in [6.07, 6.45) is 6.66. The topological polar surface area (TPSA) is 59.4 Å². The summed E-state index contributed by atoms with van der Waals surface area (Å²) in [5.41, 5.74) is 4.70. The van der Waals surface area contributed by atoms with Crippen LogP contribution in [-0.2, 0) is 41.7 Å². The number of piperidine rings is 1. The molecular weight excluding hydrogens is 412 g/mol. The van der Waals surface area contributed by atoms with Crippen molar-refractivity contribution in [2.24, 2.45) is 7.05 Å². The SMILES string of the molecule is Cn1cc(CNC(=O)CC2Cc3ccccc3C3(CCN(Cc4ccccc4)CC3)O2)cn1. The Labute approximate surface area is 195 Å². The van der Waals surface area contributed by atoms with Gasteiger partial charge in [-0.15, -0.1) is 0 Å². The largest absolute Gasteiger partial charge is 0.366 e. The fraction of sp³-hybridized carbons (Fsp3) is 0.407. The molecule has 1 amide bonds. The first-order valence-electron chi connectivity index (χ1n) is 11.9. The van der Waals surface area contributed by atoms with Crippen LogP contribution < -0.4 is 5.32 Å². The molecule has 0 radical (unpaired) electrons. The Balaban J connectivity index is 1.24. The number of nitrogens with one attached hydrogen (secondary N) is 1. The van der Waals surface area contributed by atoms with Gasteiger partial charge in [-0.3, -0.25) is 14.4 Å². The second-order valence-corrected chi connectivity index (χ2v) is 9.36. The van der Waals surface area contributed by atoms with E-state index in [1.165, 1.54) is 16.7 Å². The predicted octanol–water partition coefficient (Wildman–Crippen LogP) is 3.56. The van der Waals surface area contributed by atoms with Crippen molar-refractivity contribution in [3.63, 3.8) is 0 Å². The monoisotopic (exact) mass is 444 g/mol. The molecule has 1 unspecified atom stereocenters. The normalized spacial score (nSPS) is 19.8. The minimum atomic E-state index is -0.295. The number of ether oxygens (including phenoxy) is 1. The lowest BCUT2D eigenvalue weighted by Crippen LogP contribution is -2.49. The molecule has 1 saturated heterocycles. The van der Waals surface area contributed by atoms with E-state index in [2.05, 4.69) is 69.9 Å². The fourth-order valence-corrected chi connectivity index (χ4v) is 5.27. The number of hydrogen-bond acceptors (Lipinski definition) is 4. The van der Waals surface area contributed by atoms with Crippen LogP contribution in [0.1, 0.15) is 41.5 Å². The highest BCUT2D eigenvalue weighted by atomic mass is 16.5. The van der Waals surface area contributed by atoms with Crippen molar-refractivity contribution >= 4 is 5.91 Å². The van der Waals surface area contributed by atoms with Gasteiger partial charge in [0.15, 0.2) is 0 Å². The lowest BCUT2D eigenvalue weighted by molar-refractivity contribution is -0.150. The molecule has 172 valence electrons. The summed E-state index contributed by atoms with van der Waals surface area (Å²) in [6.45, 7) is 3.45. The van der Waals surface area contributed by atoms with E-state index < -0.39 is 0 Å². The van der Waals surface area contributed by atoms with Crippen molar-refractivity contribution in [1.29, 1.82) is 0 Å². The summed E-state index contributed by atoms with van der Waals surface area (Å²) >= 11 is 0. The second kappa shape index (κ2) is 9.49. The van der Waals surface area contributed by atoms with Crippen LogP contribution in [0.3, 0.4) is 0 Å². The van der Waals surface area contributed by atoms with Gasteiger partial charge in [0.1, 0.15) is 0 Å². The summed E-state index contributed by atoms with van der Waals surface area (Å²) in [6, 6.07) is 19.3. The van der Waals surface area contributed by atoms with Crippen molar-refractivity contribution in [3.8, 4) is 0 Å². The number of carbonyl (C=O) groups is 1. The zero-order valence-electron chi connectivity index (χ0n) is 19.2. The highest BCUT2D eigenvalue weighted by Crippen LogP contribution is 2.44. The quantitative estimate of drug-likeness (QED) is 0.632. The smallest absolute Gasteiger partial charge is 0.222 e. The number of fused-ring (bicyclic) bond motifs is 2. The van der Waals surface area contributed by atoms with Crippen LogP contribution in [0.4, 0.5) is 0 Å². The fourth-order valence-electron chi connectivity index (χ4n) is 5.27. The Kier molecular flexibility index (Phi) is 6.29. The number of carbonyl (C=O) groups excluding carboxylic acids is 1. The zero-order valence-corrected chi connectivity index (χ0v) is 19.2. The highest BCUT2D eigenvalue weighted by Gasteiger charge is 2.43. The summed E-state index contributed by atoms with van der Waals surface area (Å²) < 4.78 is 8.51. The number of hydrogen-bond donors (Lipinski definition) is 1. The zero-order chi connectivity index (χ0) is 22.7. The van der Waals surface area contributed by atoms with E-state index in [1.54, 1.807) is 10.9 Å². The van der Waals surface area contributed by atoms with Crippen LogP contribution >= 0.6 is 0 Å². The molecule has 0 saturated carbocycles. The van der Waals surface area contributed by atoms with Crippen LogP contribution in [0.15, 0.2) is 67.0 Å². The Morgan fingerprint density at radius 2 is 1.85 bits per heavy atom. The molecule has 0 aliphatic carbocycles. The third-order valence-corrected chi connectivity index (χ3v) is 6.92. The molecule has 2 aliphatic heterocycles. The summed E-state index contributed by atoms with van der Waals surface area (Å²) in [4.78, 5) is 15.2. The molecule has 1 spiro atoms. The second-order valence-electron chi connectivity index (χ2n) is 9.36. The van der Waals surface area contributed by atoms with Crippen LogP contribution in [0.25, 0.3) is 0 Å². The first kappa shape index (κ1) is 21.9. The van der Waals surface area contributed by atoms with Gasteiger partial charge in [-0.1, -0.05) is 54.6 Å². The van der Waals surface area contributed by atoms with Gasteiger partial charge in [0, 0.05) is 45.0 Å². The van der Waals surface area contributed by atoms with Gasteiger partial charge in [-0.25, -0.2) is 0 Å². The molecule has 1 fully saturated rings. The minimum Gasteiger partial charge on any atom is -0.366 e. The Hall–Kier alpha value is -2.96. The third kappa shape index (κ3) is 5.02.